The zero-order valence-corrected chi connectivity index (χ0v) is 7.90. The van der Waals surface area contributed by atoms with E-state index in [-0.39, 0.29) is 18.0 Å². The quantitative estimate of drug-likeness (QED) is 0.617. The smallest absolute Gasteiger partial charge is 0.308 e. The van der Waals surface area contributed by atoms with Gasteiger partial charge in [-0.05, 0) is 37.5 Å². The standard InChI is InChI=1S/C10H16O3/c1-13-10(12)8-2-6-4-9(11)5-7(6)3-8/h6-9,11H,2-5H2,1H3. The number of fused-ring (bicyclic) bond motifs is 1. The summed E-state index contributed by atoms with van der Waals surface area (Å²) in [6.07, 6.45) is 3.51. The lowest BCUT2D eigenvalue weighted by Gasteiger charge is -2.09. The summed E-state index contributed by atoms with van der Waals surface area (Å²) >= 11 is 0. The fourth-order valence-electron chi connectivity index (χ4n) is 2.94. The van der Waals surface area contributed by atoms with E-state index in [1.54, 1.807) is 0 Å². The molecule has 0 aromatic rings. The van der Waals surface area contributed by atoms with Gasteiger partial charge in [0.2, 0.25) is 0 Å². The molecule has 0 aromatic heterocycles. The van der Waals surface area contributed by atoms with Crippen LogP contribution in [0.4, 0.5) is 0 Å². The lowest BCUT2D eigenvalue weighted by molar-refractivity contribution is -0.145. The van der Waals surface area contributed by atoms with E-state index < -0.39 is 0 Å². The number of aliphatic hydroxyl groups is 1. The first-order valence-electron chi connectivity index (χ1n) is 4.96. The first-order chi connectivity index (χ1) is 6.20. The second-order valence-electron chi connectivity index (χ2n) is 4.34. The molecule has 0 aromatic carbocycles. The van der Waals surface area contributed by atoms with E-state index >= 15 is 0 Å². The highest BCUT2D eigenvalue weighted by Crippen LogP contribution is 2.47. The first kappa shape index (κ1) is 9.00. The Labute approximate surface area is 78.1 Å². The third-order valence-electron chi connectivity index (χ3n) is 3.53. The van der Waals surface area contributed by atoms with Crippen LogP contribution in [0.25, 0.3) is 0 Å². The fraction of sp³-hybridized carbons (Fsp3) is 0.900. The third kappa shape index (κ3) is 1.57. The van der Waals surface area contributed by atoms with E-state index in [0.717, 1.165) is 25.7 Å². The Morgan fingerprint density at radius 3 is 2.23 bits per heavy atom. The lowest BCUT2D eigenvalue weighted by Crippen LogP contribution is -2.14. The van der Waals surface area contributed by atoms with Gasteiger partial charge in [0, 0.05) is 0 Å². The predicted molar refractivity (Wildman–Crippen MR) is 47.0 cm³/mol. The lowest BCUT2D eigenvalue weighted by atomic mass is 10.0. The summed E-state index contributed by atoms with van der Waals surface area (Å²) in [6.45, 7) is 0. The highest BCUT2D eigenvalue weighted by molar-refractivity contribution is 5.72. The van der Waals surface area contributed by atoms with Gasteiger partial charge in [-0.2, -0.15) is 0 Å². The Morgan fingerprint density at radius 1 is 1.23 bits per heavy atom. The van der Waals surface area contributed by atoms with Gasteiger partial charge in [-0.25, -0.2) is 0 Å². The summed E-state index contributed by atoms with van der Waals surface area (Å²) in [5.41, 5.74) is 0. The molecule has 0 spiro atoms. The van der Waals surface area contributed by atoms with Crippen molar-refractivity contribution in [3.05, 3.63) is 0 Å². The van der Waals surface area contributed by atoms with Crippen molar-refractivity contribution >= 4 is 5.97 Å². The molecule has 0 saturated heterocycles. The van der Waals surface area contributed by atoms with Crippen molar-refractivity contribution in [2.24, 2.45) is 17.8 Å². The van der Waals surface area contributed by atoms with Gasteiger partial charge in [0.05, 0.1) is 19.1 Å². The van der Waals surface area contributed by atoms with Gasteiger partial charge in [-0.15, -0.1) is 0 Å². The molecule has 0 radical (unpaired) electrons. The number of ether oxygens (including phenoxy) is 1. The fourth-order valence-corrected chi connectivity index (χ4v) is 2.94. The molecule has 2 saturated carbocycles. The summed E-state index contributed by atoms with van der Waals surface area (Å²) in [6, 6.07) is 0. The number of aliphatic hydroxyl groups excluding tert-OH is 1. The van der Waals surface area contributed by atoms with Crippen LogP contribution in [0.15, 0.2) is 0 Å². The number of esters is 1. The van der Waals surface area contributed by atoms with E-state index in [2.05, 4.69) is 0 Å². The van der Waals surface area contributed by atoms with Crippen LogP contribution in [0, 0.1) is 17.8 Å². The Balaban J connectivity index is 1.93. The minimum Gasteiger partial charge on any atom is -0.469 e. The number of carbonyl (C=O) groups excluding carboxylic acids is 1. The molecule has 2 rings (SSSR count). The molecule has 3 heteroatoms. The van der Waals surface area contributed by atoms with Gasteiger partial charge in [0.15, 0.2) is 0 Å². The molecule has 1 N–H and O–H groups in total. The van der Waals surface area contributed by atoms with Crippen molar-refractivity contribution in [2.75, 3.05) is 7.11 Å². The highest BCUT2D eigenvalue weighted by Gasteiger charge is 2.43. The van der Waals surface area contributed by atoms with Gasteiger partial charge in [-0.3, -0.25) is 4.79 Å². The van der Waals surface area contributed by atoms with Crippen LogP contribution in [0.3, 0.4) is 0 Å². The molecular weight excluding hydrogens is 168 g/mol. The van der Waals surface area contributed by atoms with Crippen molar-refractivity contribution in [3.8, 4) is 0 Å². The first-order valence-corrected chi connectivity index (χ1v) is 4.96. The third-order valence-corrected chi connectivity index (χ3v) is 3.53. The Morgan fingerprint density at radius 2 is 1.77 bits per heavy atom. The molecule has 3 nitrogen and oxygen atoms in total. The van der Waals surface area contributed by atoms with Crippen molar-refractivity contribution in [2.45, 2.75) is 31.8 Å². The summed E-state index contributed by atoms with van der Waals surface area (Å²) in [4.78, 5) is 11.2. The number of carbonyl (C=O) groups is 1. The Hall–Kier alpha value is -0.570. The number of hydrogen-bond acceptors (Lipinski definition) is 3. The highest BCUT2D eigenvalue weighted by atomic mass is 16.5. The number of hydrogen-bond donors (Lipinski definition) is 1. The van der Waals surface area contributed by atoms with E-state index in [1.165, 1.54) is 7.11 Å². The van der Waals surface area contributed by atoms with E-state index in [4.69, 9.17) is 4.74 Å². The molecule has 13 heavy (non-hydrogen) atoms. The maximum atomic E-state index is 11.2. The maximum Gasteiger partial charge on any atom is 0.308 e. The average molecular weight is 184 g/mol. The van der Waals surface area contributed by atoms with E-state index in [0.29, 0.717) is 11.8 Å². The summed E-state index contributed by atoms with van der Waals surface area (Å²) in [5.74, 6) is 1.18. The molecule has 2 aliphatic rings. The Bertz CT molecular complexity index is 200. The van der Waals surface area contributed by atoms with Gasteiger partial charge < -0.3 is 9.84 Å². The van der Waals surface area contributed by atoms with Crippen LogP contribution in [-0.2, 0) is 9.53 Å². The van der Waals surface area contributed by atoms with E-state index in [9.17, 15) is 9.90 Å². The Kier molecular flexibility index (Phi) is 2.28. The van der Waals surface area contributed by atoms with Crippen LogP contribution in [-0.4, -0.2) is 24.3 Å². The zero-order valence-electron chi connectivity index (χ0n) is 7.90. The SMILES string of the molecule is COC(=O)C1CC2CC(O)CC2C1. The minimum atomic E-state index is -0.117. The van der Waals surface area contributed by atoms with Gasteiger partial charge in [0.1, 0.15) is 0 Å². The summed E-state index contributed by atoms with van der Waals surface area (Å²) in [5, 5.41) is 9.40. The molecule has 0 aliphatic heterocycles. The molecule has 0 heterocycles. The second kappa shape index (κ2) is 3.29. The average Bonchev–Trinajstić information content (AvgIpc) is 2.59. The zero-order chi connectivity index (χ0) is 9.42. The van der Waals surface area contributed by atoms with Crippen LogP contribution in [0.5, 0.6) is 0 Å². The summed E-state index contributed by atoms with van der Waals surface area (Å²) < 4.78 is 4.72. The predicted octanol–water partition coefficient (Wildman–Crippen LogP) is 0.956. The number of rotatable bonds is 1. The van der Waals surface area contributed by atoms with Crippen molar-refractivity contribution in [1.29, 1.82) is 0 Å². The minimum absolute atomic E-state index is 0.0658. The molecule has 2 fully saturated rings. The van der Waals surface area contributed by atoms with Crippen LogP contribution in [0.1, 0.15) is 25.7 Å². The normalized spacial score (nSPS) is 43.2. The van der Waals surface area contributed by atoms with Crippen LogP contribution in [0.2, 0.25) is 0 Å². The van der Waals surface area contributed by atoms with Gasteiger partial charge >= 0.3 is 5.97 Å². The van der Waals surface area contributed by atoms with Gasteiger partial charge in [-0.1, -0.05) is 0 Å². The van der Waals surface area contributed by atoms with Crippen LogP contribution >= 0.6 is 0 Å². The van der Waals surface area contributed by atoms with Crippen molar-refractivity contribution < 1.29 is 14.6 Å². The van der Waals surface area contributed by atoms with Crippen molar-refractivity contribution in [3.63, 3.8) is 0 Å². The van der Waals surface area contributed by atoms with Gasteiger partial charge in [0.25, 0.3) is 0 Å². The molecular formula is C10H16O3. The molecule has 0 amide bonds. The molecule has 0 bridgehead atoms. The number of methoxy groups -OCH3 is 1. The molecule has 2 aliphatic carbocycles. The second-order valence-corrected chi connectivity index (χ2v) is 4.34. The largest absolute Gasteiger partial charge is 0.469 e. The topological polar surface area (TPSA) is 46.5 Å². The molecule has 74 valence electrons. The van der Waals surface area contributed by atoms with Crippen molar-refractivity contribution in [1.82, 2.24) is 0 Å². The monoisotopic (exact) mass is 184 g/mol. The maximum absolute atomic E-state index is 11.2. The molecule has 2 atom stereocenters. The van der Waals surface area contributed by atoms with E-state index in [1.807, 2.05) is 0 Å². The van der Waals surface area contributed by atoms with Crippen LogP contribution < -0.4 is 0 Å². The molecule has 2 unspecified atom stereocenters. The summed E-state index contributed by atoms with van der Waals surface area (Å²) in [7, 11) is 1.45.